The summed E-state index contributed by atoms with van der Waals surface area (Å²) in [5.41, 5.74) is 0. The Hall–Kier alpha value is -1.25. The van der Waals surface area contributed by atoms with Gasteiger partial charge in [0.1, 0.15) is 30.5 Å². The van der Waals surface area contributed by atoms with Crippen LogP contribution in [0.25, 0.3) is 0 Å². The molecule has 5 fully saturated rings. The van der Waals surface area contributed by atoms with Gasteiger partial charge in [0.05, 0.1) is 87.3 Å². The molecule has 11 N–H and O–H groups in total. The van der Waals surface area contributed by atoms with Crippen LogP contribution in [-0.2, 0) is 42.7 Å². The molecule has 0 amide bonds. The lowest BCUT2D eigenvalue weighted by Crippen LogP contribution is -2.64. The second-order valence-corrected chi connectivity index (χ2v) is 18.8. The van der Waals surface area contributed by atoms with E-state index in [0.717, 1.165) is 0 Å². The Bertz CT molecular complexity index is 1410. The predicted molar refractivity (Wildman–Crippen MR) is 229 cm³/mol. The molecule has 64 heavy (non-hydrogen) atoms. The quantitative estimate of drug-likeness (QED) is 0.0641. The molecule has 3 heterocycles. The third-order valence-corrected chi connectivity index (χ3v) is 15.1. The summed E-state index contributed by atoms with van der Waals surface area (Å²) in [6.45, 7) is 9.70. The summed E-state index contributed by atoms with van der Waals surface area (Å²) in [5.74, 6) is -3.71. The summed E-state index contributed by atoms with van der Waals surface area (Å²) in [5, 5.41) is 97.4. The summed E-state index contributed by atoms with van der Waals surface area (Å²) in [4.78, 5) is 12.5. The Labute approximate surface area is 377 Å². The van der Waals surface area contributed by atoms with Crippen LogP contribution in [0.15, 0.2) is 0 Å². The SMILES string of the molecule is CCC1O[C@H](COC[C@@H]2C(C(=O)O)O[C@@H](O[C@@H]3C(CC)C[C@H](COC[C@@H]4C(O)C[C@@H](O[C@@H]5C(CC)O[C@H](OC)C(NC)[C@@H]5O)C(C)[C@@H]4O)C(NC)[C@@H]3C)C(O)[C@@H]2O)C(NC)[C@H](O)[C@@H]1O. The Kier molecular flexibility index (Phi) is 20.4. The molecule has 0 aromatic heterocycles. The molecule has 0 aromatic carbocycles. The molecule has 20 heteroatoms. The van der Waals surface area contributed by atoms with Gasteiger partial charge in [-0.1, -0.05) is 41.0 Å². The number of methoxy groups -OCH3 is 1. The number of carbonyl (C=O) groups is 1. The molecule has 374 valence electrons. The van der Waals surface area contributed by atoms with Crippen LogP contribution < -0.4 is 16.0 Å². The first-order chi connectivity index (χ1) is 30.5. The minimum Gasteiger partial charge on any atom is -0.479 e. The number of nitrogens with one attached hydrogen (secondary N) is 3. The Morgan fingerprint density at radius 3 is 1.81 bits per heavy atom. The number of hydrogen-bond donors (Lipinski definition) is 11. The molecule has 10 unspecified atom stereocenters. The minimum absolute atomic E-state index is 0.00490. The maximum Gasteiger partial charge on any atom is 0.333 e. The van der Waals surface area contributed by atoms with Crippen molar-refractivity contribution in [3.63, 3.8) is 0 Å². The van der Waals surface area contributed by atoms with E-state index in [-0.39, 0.29) is 56.0 Å². The number of carboxylic acids is 1. The third kappa shape index (κ3) is 11.6. The van der Waals surface area contributed by atoms with Crippen molar-refractivity contribution in [3.8, 4) is 0 Å². The predicted octanol–water partition coefficient (Wildman–Crippen LogP) is -1.83. The monoisotopic (exact) mass is 924 g/mol. The third-order valence-electron chi connectivity index (χ3n) is 15.1. The fourth-order valence-electron chi connectivity index (χ4n) is 11.2. The summed E-state index contributed by atoms with van der Waals surface area (Å²) in [6.07, 6.45) is -12.8. The fraction of sp³-hybridized carbons (Fsp3) is 0.977. The van der Waals surface area contributed by atoms with E-state index in [1.54, 1.807) is 14.1 Å². The van der Waals surface area contributed by atoms with Crippen molar-refractivity contribution in [2.24, 2.45) is 35.5 Å². The number of aliphatic carboxylic acids is 1. The highest BCUT2D eigenvalue weighted by molar-refractivity contribution is 5.73. The zero-order chi connectivity index (χ0) is 47.2. The molecule has 0 aromatic rings. The summed E-state index contributed by atoms with van der Waals surface area (Å²) in [7, 11) is 6.69. The zero-order valence-electron chi connectivity index (χ0n) is 39.0. The molecule has 2 saturated carbocycles. The Morgan fingerprint density at radius 2 is 1.22 bits per heavy atom. The van der Waals surface area contributed by atoms with E-state index in [2.05, 4.69) is 16.0 Å². The van der Waals surface area contributed by atoms with Crippen molar-refractivity contribution in [1.29, 1.82) is 0 Å². The smallest absolute Gasteiger partial charge is 0.333 e. The highest BCUT2D eigenvalue weighted by atomic mass is 16.7. The van der Waals surface area contributed by atoms with Crippen LogP contribution in [-0.4, -0.2) is 218 Å². The first-order valence-electron chi connectivity index (χ1n) is 23.5. The molecule has 0 spiro atoms. The van der Waals surface area contributed by atoms with Gasteiger partial charge in [-0.25, -0.2) is 4.79 Å². The number of carboxylic acid groups (broad SMARTS) is 1. The van der Waals surface area contributed by atoms with Gasteiger partial charge >= 0.3 is 5.97 Å². The van der Waals surface area contributed by atoms with Gasteiger partial charge < -0.3 is 94.7 Å². The van der Waals surface area contributed by atoms with Gasteiger partial charge in [0.2, 0.25) is 0 Å². The topological polar surface area (TPSA) is 289 Å². The Balaban J connectivity index is 1.15. The fourth-order valence-corrected chi connectivity index (χ4v) is 11.2. The standard InChI is InChI=1S/C44H81N3O17/c1-10-21-13-22(15-58-16-23-25(48)14-28(19(4)33(23)49)61-41-27(12-3)62-43(57-9)32(47-8)37(41)53)30(45-6)20(5)39(21)63-44-38(54)34(50)24(40(64-44)42(55)56)17-59-18-29-31(46-7)36(52)35(51)26(11-2)60-29/h19-41,43-54H,10-18H2,1-9H3,(H,55,56)/t19?,20-,21?,22+,23+,24-,25?,26?,27?,28+,29+,30?,31?,32?,33-,34+,35+,36-,37-,38?,39-,40?,41+,43-,44+/m0/s1. The van der Waals surface area contributed by atoms with Crippen molar-refractivity contribution in [1.82, 2.24) is 16.0 Å². The van der Waals surface area contributed by atoms with E-state index in [0.29, 0.717) is 32.3 Å². The molecule has 25 atom stereocenters. The molecule has 20 nitrogen and oxygen atoms in total. The van der Waals surface area contributed by atoms with Crippen molar-refractivity contribution in [3.05, 3.63) is 0 Å². The average Bonchev–Trinajstić information content (AvgIpc) is 3.28. The highest BCUT2D eigenvalue weighted by Crippen LogP contribution is 2.41. The molecule has 3 aliphatic heterocycles. The van der Waals surface area contributed by atoms with Crippen LogP contribution in [0.1, 0.15) is 66.7 Å². The van der Waals surface area contributed by atoms with Crippen molar-refractivity contribution < 1.29 is 83.5 Å². The lowest BCUT2D eigenvalue weighted by molar-refractivity contribution is -0.311. The summed E-state index contributed by atoms with van der Waals surface area (Å²) in [6, 6.07) is -1.33. The number of rotatable bonds is 20. The van der Waals surface area contributed by atoms with Gasteiger partial charge in [0.15, 0.2) is 18.7 Å². The van der Waals surface area contributed by atoms with Gasteiger partial charge in [-0.3, -0.25) is 0 Å². The molecule has 3 saturated heterocycles. The van der Waals surface area contributed by atoms with Crippen LogP contribution in [0.5, 0.6) is 0 Å². The molecule has 2 aliphatic carbocycles. The first kappa shape index (κ1) is 53.7. The van der Waals surface area contributed by atoms with Crippen LogP contribution in [0.3, 0.4) is 0 Å². The lowest BCUT2D eigenvalue weighted by Gasteiger charge is -2.49. The number of ether oxygens (including phenoxy) is 8. The molecule has 0 bridgehead atoms. The van der Waals surface area contributed by atoms with Crippen LogP contribution in [0.4, 0.5) is 0 Å². The Morgan fingerprint density at radius 1 is 0.578 bits per heavy atom. The maximum absolute atomic E-state index is 12.5. The van der Waals surface area contributed by atoms with E-state index >= 15 is 0 Å². The highest BCUT2D eigenvalue weighted by Gasteiger charge is 2.53. The molecule has 5 aliphatic rings. The minimum atomic E-state index is -1.59. The number of likely N-dealkylation sites (N-methyl/N-ethyl adjacent to an activating group) is 2. The van der Waals surface area contributed by atoms with E-state index in [1.807, 2.05) is 41.7 Å². The van der Waals surface area contributed by atoms with E-state index in [9.17, 15) is 45.6 Å². The number of aliphatic hydroxyl groups excluding tert-OH is 7. The molecule has 5 rings (SSSR count). The van der Waals surface area contributed by atoms with Crippen LogP contribution in [0.2, 0.25) is 0 Å². The van der Waals surface area contributed by atoms with E-state index in [4.69, 9.17) is 37.9 Å². The molecular weight excluding hydrogens is 842 g/mol. The summed E-state index contributed by atoms with van der Waals surface area (Å²) < 4.78 is 48.5. The second kappa shape index (κ2) is 24.3. The average molecular weight is 924 g/mol. The number of hydrogen-bond acceptors (Lipinski definition) is 19. The van der Waals surface area contributed by atoms with Gasteiger partial charge in [0, 0.05) is 37.3 Å². The lowest BCUT2D eigenvalue weighted by atomic mass is 9.69. The molecular formula is C44H81N3O17. The zero-order valence-corrected chi connectivity index (χ0v) is 39.0. The second-order valence-electron chi connectivity index (χ2n) is 18.8. The van der Waals surface area contributed by atoms with E-state index in [1.165, 1.54) is 7.11 Å². The van der Waals surface area contributed by atoms with Crippen LogP contribution >= 0.6 is 0 Å². The largest absolute Gasteiger partial charge is 0.479 e. The van der Waals surface area contributed by atoms with Gasteiger partial charge in [-0.2, -0.15) is 0 Å². The van der Waals surface area contributed by atoms with Crippen molar-refractivity contribution >= 4 is 5.97 Å². The van der Waals surface area contributed by atoms with Gasteiger partial charge in [0.25, 0.3) is 0 Å². The maximum atomic E-state index is 12.5. The normalized spacial score (nSPS) is 48.0. The van der Waals surface area contributed by atoms with Crippen molar-refractivity contribution in [2.45, 2.75) is 183 Å². The van der Waals surface area contributed by atoms with Crippen molar-refractivity contribution in [2.75, 3.05) is 54.7 Å². The van der Waals surface area contributed by atoms with Gasteiger partial charge in [-0.05, 0) is 58.2 Å². The number of aliphatic hydroxyl groups is 7. The van der Waals surface area contributed by atoms with Crippen LogP contribution in [0, 0.1) is 35.5 Å². The van der Waals surface area contributed by atoms with Gasteiger partial charge in [-0.15, -0.1) is 0 Å². The first-order valence-corrected chi connectivity index (χ1v) is 23.5. The molecule has 0 radical (unpaired) electrons. The van der Waals surface area contributed by atoms with E-state index < -0.39 is 128 Å². The summed E-state index contributed by atoms with van der Waals surface area (Å²) >= 11 is 0.